The predicted molar refractivity (Wildman–Crippen MR) is 75.1 cm³/mol. The summed E-state index contributed by atoms with van der Waals surface area (Å²) in [5.74, 6) is 0. The van der Waals surface area contributed by atoms with Crippen molar-refractivity contribution >= 4 is 39.9 Å². The van der Waals surface area contributed by atoms with E-state index in [1.54, 1.807) is 20.2 Å². The normalized spacial score (nSPS) is 10.6. The highest BCUT2D eigenvalue weighted by Gasteiger charge is 2.16. The second-order valence-electron chi connectivity index (χ2n) is 3.59. The Hall–Kier alpha value is -1.34. The van der Waals surface area contributed by atoms with Gasteiger partial charge in [0.1, 0.15) is 6.07 Å². The molecule has 0 heterocycles. The molecule has 0 aliphatic carbocycles. The highest BCUT2D eigenvalue weighted by Crippen LogP contribution is 2.24. The van der Waals surface area contributed by atoms with Crippen molar-refractivity contribution in [1.29, 1.82) is 5.26 Å². The summed E-state index contributed by atoms with van der Waals surface area (Å²) in [5.41, 5.74) is 0.370. The molecule has 0 aliphatic heterocycles. The summed E-state index contributed by atoms with van der Waals surface area (Å²) in [7, 11) is -0.336. The number of carbonyl (C=O) groups excluding carboxylic acids is 1. The maximum absolute atomic E-state index is 11.4. The summed E-state index contributed by atoms with van der Waals surface area (Å²) in [6, 6.07) is 5.50. The molecule has 0 saturated carbocycles. The van der Waals surface area contributed by atoms with Crippen molar-refractivity contribution in [2.75, 3.05) is 19.4 Å². The van der Waals surface area contributed by atoms with Gasteiger partial charge in [-0.3, -0.25) is 0 Å². The first-order valence-electron chi connectivity index (χ1n) is 4.73. The minimum Gasteiger partial charge on any atom is -0.331 e. The lowest BCUT2D eigenvalue weighted by Crippen LogP contribution is -2.27. The van der Waals surface area contributed by atoms with Gasteiger partial charge in [-0.15, -0.1) is 0 Å². The maximum atomic E-state index is 11.4. The zero-order valence-corrected chi connectivity index (χ0v) is 12.6. The number of carbonyl (C=O) groups is 1. The summed E-state index contributed by atoms with van der Waals surface area (Å²) in [4.78, 5) is 12.7. The van der Waals surface area contributed by atoms with E-state index in [9.17, 15) is 13.2 Å². The van der Waals surface area contributed by atoms with E-state index in [0.717, 1.165) is 0 Å². The van der Waals surface area contributed by atoms with E-state index in [-0.39, 0.29) is 16.5 Å². The number of halogens is 1. The molecule has 0 bridgehead atoms. The van der Waals surface area contributed by atoms with E-state index in [4.69, 9.17) is 5.26 Å². The van der Waals surface area contributed by atoms with Crippen LogP contribution in [0.3, 0.4) is 0 Å². The Bertz CT molecular complexity index is 620. The van der Waals surface area contributed by atoms with Gasteiger partial charge < -0.3 is 10.2 Å². The van der Waals surface area contributed by atoms with Gasteiger partial charge in [-0.1, -0.05) is 0 Å². The van der Waals surface area contributed by atoms with Gasteiger partial charge in [-0.25, -0.2) is 13.2 Å². The van der Waals surface area contributed by atoms with E-state index in [1.807, 2.05) is 0 Å². The standard InChI is InChI=1S/C10H10IN3O3S/c1-14(2)10(15)13-8-3-4-9(18(11,16)17)7(5-8)6-12/h3-5H,1-2H3,(H,13,15). The topological polar surface area (TPSA) is 90.3 Å². The molecule has 6 nitrogen and oxygen atoms in total. The van der Waals surface area contributed by atoms with Gasteiger partial charge >= 0.3 is 6.03 Å². The van der Waals surface area contributed by atoms with Gasteiger partial charge in [0.2, 0.25) is 7.01 Å². The Morgan fingerprint density at radius 1 is 1.44 bits per heavy atom. The summed E-state index contributed by atoms with van der Waals surface area (Å²) in [6.07, 6.45) is 0. The van der Waals surface area contributed by atoms with Crippen molar-refractivity contribution in [3.05, 3.63) is 23.8 Å². The molecule has 0 radical (unpaired) electrons. The predicted octanol–water partition coefficient (Wildman–Crippen LogP) is 1.78. The first-order chi connectivity index (χ1) is 8.25. The van der Waals surface area contributed by atoms with Gasteiger partial charge in [0.15, 0.2) is 0 Å². The van der Waals surface area contributed by atoms with Crippen LogP contribution in [0.15, 0.2) is 23.1 Å². The molecule has 0 fully saturated rings. The second kappa shape index (κ2) is 5.53. The number of nitrogens with one attached hydrogen (secondary N) is 1. The SMILES string of the molecule is CN(C)C(=O)Nc1ccc(S(=O)(=O)I)c(C#N)c1. The lowest BCUT2D eigenvalue weighted by Gasteiger charge is -2.12. The maximum Gasteiger partial charge on any atom is 0.321 e. The first-order valence-corrected chi connectivity index (χ1v) is 8.75. The molecular weight excluding hydrogens is 369 g/mol. The number of rotatable bonds is 2. The van der Waals surface area contributed by atoms with E-state index in [2.05, 4.69) is 5.32 Å². The van der Waals surface area contributed by atoms with Crippen molar-refractivity contribution in [3.63, 3.8) is 0 Å². The quantitative estimate of drug-likeness (QED) is 0.627. The number of amides is 2. The second-order valence-corrected chi connectivity index (χ2v) is 8.38. The van der Waals surface area contributed by atoms with Gasteiger partial charge in [-0.05, 0) is 18.2 Å². The third-order valence-electron chi connectivity index (χ3n) is 2.02. The fraction of sp³-hybridized carbons (Fsp3) is 0.200. The molecule has 0 atom stereocenters. The van der Waals surface area contributed by atoms with Crippen LogP contribution in [0.5, 0.6) is 0 Å². The van der Waals surface area contributed by atoms with Crippen LogP contribution in [0.25, 0.3) is 0 Å². The van der Waals surface area contributed by atoms with Crippen molar-refractivity contribution in [3.8, 4) is 6.07 Å². The third kappa shape index (κ3) is 3.58. The molecule has 0 saturated heterocycles. The molecule has 96 valence electrons. The van der Waals surface area contributed by atoms with Crippen molar-refractivity contribution in [1.82, 2.24) is 4.90 Å². The van der Waals surface area contributed by atoms with Crippen molar-refractivity contribution in [2.45, 2.75) is 4.90 Å². The van der Waals surface area contributed by atoms with Gasteiger partial charge in [-0.2, -0.15) is 5.26 Å². The number of benzene rings is 1. The van der Waals surface area contributed by atoms with Crippen LogP contribution in [0.2, 0.25) is 0 Å². The molecule has 0 aromatic heterocycles. The van der Waals surface area contributed by atoms with E-state index in [1.165, 1.54) is 44.3 Å². The minimum atomic E-state index is -3.48. The van der Waals surface area contributed by atoms with Crippen LogP contribution in [0.1, 0.15) is 5.56 Å². The molecule has 1 aromatic rings. The molecule has 2 amide bonds. The zero-order chi connectivity index (χ0) is 13.9. The zero-order valence-electron chi connectivity index (χ0n) is 9.64. The van der Waals surface area contributed by atoms with Gasteiger partial charge in [0, 0.05) is 19.8 Å². The average molecular weight is 379 g/mol. The smallest absolute Gasteiger partial charge is 0.321 e. The highest BCUT2D eigenvalue weighted by molar-refractivity contribution is 14.2. The number of anilines is 1. The molecule has 8 heteroatoms. The summed E-state index contributed by atoms with van der Waals surface area (Å²) in [6.45, 7) is 0. The summed E-state index contributed by atoms with van der Waals surface area (Å²) < 4.78 is 22.8. The van der Waals surface area contributed by atoms with Crippen LogP contribution < -0.4 is 5.32 Å². The minimum absolute atomic E-state index is 0.000885. The Kier molecular flexibility index (Phi) is 4.53. The van der Waals surface area contributed by atoms with Gasteiger partial charge in [0.25, 0.3) is 0 Å². The number of nitrogens with zero attached hydrogens (tertiary/aromatic N) is 2. The fourth-order valence-corrected chi connectivity index (χ4v) is 2.89. The highest BCUT2D eigenvalue weighted by atomic mass is 127. The lowest BCUT2D eigenvalue weighted by molar-refractivity contribution is 0.230. The van der Waals surface area contributed by atoms with Crippen LogP contribution >= 0.6 is 21.2 Å². The van der Waals surface area contributed by atoms with Crippen LogP contribution in [-0.4, -0.2) is 33.4 Å². The number of urea groups is 1. The summed E-state index contributed by atoms with van der Waals surface area (Å²) >= 11 is 1.26. The molecule has 1 rings (SSSR count). The van der Waals surface area contributed by atoms with Crippen LogP contribution in [0.4, 0.5) is 10.5 Å². The molecule has 0 spiro atoms. The van der Waals surface area contributed by atoms with Crippen LogP contribution in [-0.2, 0) is 7.01 Å². The van der Waals surface area contributed by atoms with Crippen LogP contribution in [0, 0.1) is 11.3 Å². The fourth-order valence-electron chi connectivity index (χ4n) is 1.14. The molecule has 0 aliphatic rings. The van der Waals surface area contributed by atoms with E-state index in [0.29, 0.717) is 5.69 Å². The van der Waals surface area contributed by atoms with E-state index >= 15 is 0 Å². The largest absolute Gasteiger partial charge is 0.331 e. The van der Waals surface area contributed by atoms with Crippen molar-refractivity contribution < 1.29 is 13.2 Å². The lowest BCUT2D eigenvalue weighted by atomic mass is 10.2. The van der Waals surface area contributed by atoms with E-state index < -0.39 is 7.01 Å². The Morgan fingerprint density at radius 3 is 2.50 bits per heavy atom. The number of hydrogen-bond donors (Lipinski definition) is 1. The van der Waals surface area contributed by atoms with Gasteiger partial charge in [0.05, 0.1) is 31.7 Å². The summed E-state index contributed by atoms with van der Waals surface area (Å²) in [5, 5.41) is 11.4. The molecule has 0 unspecified atom stereocenters. The molecule has 18 heavy (non-hydrogen) atoms. The molecule has 1 N–H and O–H groups in total. The monoisotopic (exact) mass is 379 g/mol. The van der Waals surface area contributed by atoms with Crippen molar-refractivity contribution in [2.24, 2.45) is 0 Å². The molecular formula is C10H10IN3O3S. The Balaban J connectivity index is 3.16. The number of nitriles is 1. The Morgan fingerprint density at radius 2 is 2.06 bits per heavy atom. The first kappa shape index (κ1) is 14.7. The Labute approximate surface area is 117 Å². The third-order valence-corrected chi connectivity index (χ3v) is 4.32. The molecule has 1 aromatic carbocycles. The average Bonchev–Trinajstić information content (AvgIpc) is 2.27. The number of hydrogen-bond acceptors (Lipinski definition) is 4.